The summed E-state index contributed by atoms with van der Waals surface area (Å²) >= 11 is 7.60. The number of thiazole rings is 1. The van der Waals surface area contributed by atoms with Crippen LogP contribution in [0.4, 0.5) is 5.82 Å². The van der Waals surface area contributed by atoms with Crippen molar-refractivity contribution in [3.8, 4) is 0 Å². The topological polar surface area (TPSA) is 75.9 Å². The van der Waals surface area contributed by atoms with Gasteiger partial charge in [0, 0.05) is 24.3 Å². The summed E-state index contributed by atoms with van der Waals surface area (Å²) in [6.07, 6.45) is 3.72. The molecule has 0 aromatic carbocycles. The average Bonchev–Trinajstić information content (AvgIpc) is 3.06. The first-order valence-corrected chi connectivity index (χ1v) is 7.71. The van der Waals surface area contributed by atoms with Crippen molar-refractivity contribution < 1.29 is 5.11 Å². The van der Waals surface area contributed by atoms with E-state index in [0.29, 0.717) is 18.9 Å². The molecule has 0 saturated carbocycles. The minimum Gasteiger partial charge on any atom is -0.395 e. The zero-order valence-corrected chi connectivity index (χ0v) is 12.9. The Labute approximate surface area is 130 Å². The molecule has 0 bridgehead atoms. The summed E-state index contributed by atoms with van der Waals surface area (Å²) in [5.74, 6) is 0.689. The van der Waals surface area contributed by atoms with Crippen LogP contribution in [0.25, 0.3) is 11.0 Å². The largest absolute Gasteiger partial charge is 0.395 e. The Hall–Kier alpha value is -1.70. The van der Waals surface area contributed by atoms with Crippen LogP contribution in [-0.2, 0) is 13.1 Å². The van der Waals surface area contributed by atoms with Crippen molar-refractivity contribution in [3.05, 3.63) is 33.6 Å². The Bertz CT molecular complexity index is 756. The highest BCUT2D eigenvalue weighted by Gasteiger charge is 2.14. The van der Waals surface area contributed by atoms with Crippen molar-refractivity contribution in [1.82, 2.24) is 19.5 Å². The Morgan fingerprint density at radius 3 is 3.00 bits per heavy atom. The second kappa shape index (κ2) is 5.97. The van der Waals surface area contributed by atoms with E-state index in [4.69, 9.17) is 16.7 Å². The molecule has 0 unspecified atom stereocenters. The molecule has 0 saturated heterocycles. The quantitative estimate of drug-likeness (QED) is 0.705. The molecule has 0 aliphatic carbocycles. The number of nitrogens with one attached hydrogen (secondary N) is 1. The summed E-state index contributed by atoms with van der Waals surface area (Å²) in [5, 5.41) is 16.4. The van der Waals surface area contributed by atoms with Crippen LogP contribution in [0, 0.1) is 6.92 Å². The highest BCUT2D eigenvalue weighted by atomic mass is 35.5. The van der Waals surface area contributed by atoms with Crippen LogP contribution in [0.2, 0.25) is 5.28 Å². The lowest BCUT2D eigenvalue weighted by Gasteiger charge is -2.07. The maximum Gasteiger partial charge on any atom is 0.226 e. The van der Waals surface area contributed by atoms with E-state index in [9.17, 15) is 0 Å². The summed E-state index contributed by atoms with van der Waals surface area (Å²) < 4.78 is 1.88. The van der Waals surface area contributed by atoms with Crippen LogP contribution in [0.3, 0.4) is 0 Å². The fraction of sp³-hybridized carbons (Fsp3) is 0.308. The van der Waals surface area contributed by atoms with Gasteiger partial charge in [-0.15, -0.1) is 11.3 Å². The molecule has 3 aromatic heterocycles. The minimum absolute atomic E-state index is 0.0483. The van der Waals surface area contributed by atoms with Crippen molar-refractivity contribution in [3.63, 3.8) is 0 Å². The molecule has 2 N–H and O–H groups in total. The first kappa shape index (κ1) is 14.2. The van der Waals surface area contributed by atoms with Crippen molar-refractivity contribution >= 4 is 39.8 Å². The van der Waals surface area contributed by atoms with Crippen LogP contribution >= 0.6 is 22.9 Å². The Morgan fingerprint density at radius 2 is 2.29 bits per heavy atom. The smallest absolute Gasteiger partial charge is 0.226 e. The average molecular weight is 324 g/mol. The molecule has 8 heteroatoms. The van der Waals surface area contributed by atoms with E-state index in [1.165, 1.54) is 0 Å². The van der Waals surface area contributed by atoms with Crippen LogP contribution in [0.5, 0.6) is 0 Å². The summed E-state index contributed by atoms with van der Waals surface area (Å²) in [6.45, 7) is 3.10. The number of aliphatic hydroxyl groups excluding tert-OH is 1. The zero-order chi connectivity index (χ0) is 14.8. The number of hydrogen-bond donors (Lipinski definition) is 2. The van der Waals surface area contributed by atoms with E-state index in [1.807, 2.05) is 23.1 Å². The Morgan fingerprint density at radius 1 is 1.43 bits per heavy atom. The van der Waals surface area contributed by atoms with Crippen LogP contribution in [0.1, 0.15) is 10.6 Å². The molecule has 110 valence electrons. The van der Waals surface area contributed by atoms with Gasteiger partial charge in [-0.25, -0.2) is 9.97 Å². The van der Waals surface area contributed by atoms with Gasteiger partial charge in [0.15, 0.2) is 0 Å². The van der Waals surface area contributed by atoms with E-state index < -0.39 is 0 Å². The van der Waals surface area contributed by atoms with Gasteiger partial charge in [0.2, 0.25) is 5.28 Å². The predicted octanol–water partition coefficient (Wildman–Crippen LogP) is 2.45. The number of aromatic nitrogens is 4. The van der Waals surface area contributed by atoms with Crippen molar-refractivity contribution in [2.45, 2.75) is 20.0 Å². The third kappa shape index (κ3) is 2.85. The van der Waals surface area contributed by atoms with Gasteiger partial charge in [-0.2, -0.15) is 4.98 Å². The summed E-state index contributed by atoms with van der Waals surface area (Å²) in [5.41, 5.74) is 1.76. The molecule has 0 amide bonds. The number of aryl methyl sites for hydroxylation is 1. The van der Waals surface area contributed by atoms with Gasteiger partial charge in [0.05, 0.1) is 18.5 Å². The number of rotatable bonds is 5. The monoisotopic (exact) mass is 323 g/mol. The van der Waals surface area contributed by atoms with E-state index >= 15 is 0 Å². The lowest BCUT2D eigenvalue weighted by atomic mass is 10.2. The third-order valence-corrected chi connectivity index (χ3v) is 4.06. The molecule has 0 aliphatic rings. The molecular formula is C13H14ClN5OS. The van der Waals surface area contributed by atoms with Crippen LogP contribution in [0.15, 0.2) is 17.8 Å². The van der Waals surface area contributed by atoms with E-state index in [0.717, 1.165) is 21.6 Å². The molecular weight excluding hydrogens is 310 g/mol. The Balaban J connectivity index is 2.00. The normalized spacial score (nSPS) is 11.2. The van der Waals surface area contributed by atoms with Gasteiger partial charge in [0.25, 0.3) is 0 Å². The number of anilines is 1. The molecule has 3 rings (SSSR count). The van der Waals surface area contributed by atoms with Gasteiger partial charge in [0.1, 0.15) is 16.5 Å². The summed E-state index contributed by atoms with van der Waals surface area (Å²) in [4.78, 5) is 12.8. The first-order valence-electron chi connectivity index (χ1n) is 6.45. The van der Waals surface area contributed by atoms with Crippen molar-refractivity contribution in [1.29, 1.82) is 0 Å². The highest BCUT2D eigenvalue weighted by Crippen LogP contribution is 2.27. The maximum atomic E-state index is 9.14. The second-order valence-electron chi connectivity index (χ2n) is 4.55. The second-order valence-corrected chi connectivity index (χ2v) is 5.87. The number of hydrogen-bond acceptors (Lipinski definition) is 6. The van der Waals surface area contributed by atoms with E-state index in [1.54, 1.807) is 17.5 Å². The lowest BCUT2D eigenvalue weighted by molar-refractivity contribution is 0.278. The summed E-state index contributed by atoms with van der Waals surface area (Å²) in [6, 6.07) is 0. The molecule has 3 aromatic rings. The molecule has 6 nitrogen and oxygen atoms in total. The van der Waals surface area contributed by atoms with Gasteiger partial charge in [-0.1, -0.05) is 0 Å². The zero-order valence-electron chi connectivity index (χ0n) is 11.4. The molecule has 21 heavy (non-hydrogen) atoms. The van der Waals surface area contributed by atoms with Crippen molar-refractivity contribution in [2.24, 2.45) is 0 Å². The lowest BCUT2D eigenvalue weighted by Crippen LogP contribution is -2.05. The Kier molecular flexibility index (Phi) is 4.05. The number of fused-ring (bicyclic) bond motifs is 1. The minimum atomic E-state index is 0.0483. The van der Waals surface area contributed by atoms with Crippen molar-refractivity contribution in [2.75, 3.05) is 11.9 Å². The number of nitrogens with zero attached hydrogens (tertiary/aromatic N) is 4. The maximum absolute atomic E-state index is 9.14. The number of halogens is 1. The van der Waals surface area contributed by atoms with Crippen LogP contribution in [-0.4, -0.2) is 31.2 Å². The van der Waals surface area contributed by atoms with E-state index in [2.05, 4.69) is 20.3 Å². The molecule has 0 spiro atoms. The van der Waals surface area contributed by atoms with Gasteiger partial charge in [-0.05, 0) is 24.1 Å². The molecule has 3 heterocycles. The summed E-state index contributed by atoms with van der Waals surface area (Å²) in [7, 11) is 0. The highest BCUT2D eigenvalue weighted by molar-refractivity contribution is 7.09. The van der Waals surface area contributed by atoms with E-state index in [-0.39, 0.29) is 11.9 Å². The fourth-order valence-electron chi connectivity index (χ4n) is 2.26. The number of aliphatic hydroxyl groups is 1. The first-order chi connectivity index (χ1) is 10.2. The van der Waals surface area contributed by atoms with Gasteiger partial charge >= 0.3 is 0 Å². The molecule has 0 aliphatic heterocycles. The molecule has 0 fully saturated rings. The molecule has 0 atom stereocenters. The fourth-order valence-corrected chi connectivity index (χ4v) is 2.98. The predicted molar refractivity (Wildman–Crippen MR) is 83.8 cm³/mol. The SMILES string of the molecule is Cc1cn(CCO)c2nc(Cl)nc(NCc3nccs3)c12. The third-order valence-electron chi connectivity index (χ3n) is 3.11. The van der Waals surface area contributed by atoms with Crippen LogP contribution < -0.4 is 5.32 Å². The van der Waals surface area contributed by atoms with Gasteiger partial charge in [-0.3, -0.25) is 0 Å². The molecule has 0 radical (unpaired) electrons. The van der Waals surface area contributed by atoms with Gasteiger partial charge < -0.3 is 15.0 Å². The standard InChI is InChI=1S/C13H14ClN5OS/c1-8-7-19(3-4-20)12-10(8)11(17-13(14)18-12)16-6-9-15-2-5-21-9/h2,5,7,20H,3-4,6H2,1H3,(H,16,17,18).